The van der Waals surface area contributed by atoms with Crippen molar-refractivity contribution in [1.82, 2.24) is 9.80 Å². The van der Waals surface area contributed by atoms with E-state index in [4.69, 9.17) is 5.73 Å². The summed E-state index contributed by atoms with van der Waals surface area (Å²) in [6.45, 7) is 2.54. The van der Waals surface area contributed by atoms with E-state index in [0.717, 1.165) is 6.04 Å². The number of rotatable bonds is 6. The molecule has 19 heavy (non-hydrogen) atoms. The molecule has 4 heteroatoms. The van der Waals surface area contributed by atoms with Crippen molar-refractivity contribution < 1.29 is 0 Å². The summed E-state index contributed by atoms with van der Waals surface area (Å²) in [5, 5.41) is 0. The van der Waals surface area contributed by atoms with Gasteiger partial charge in [-0.3, -0.25) is 0 Å². The molecule has 0 aromatic carbocycles. The van der Waals surface area contributed by atoms with Crippen molar-refractivity contribution in [2.45, 2.75) is 69.5 Å². The maximum atomic E-state index is 6.34. The average molecular weight is 334 g/mol. The summed E-state index contributed by atoms with van der Waals surface area (Å²) in [6.07, 6.45) is 10.7. The molecule has 0 radical (unpaired) electrons. The predicted molar refractivity (Wildman–Crippen MR) is 88.1 cm³/mol. The maximum absolute atomic E-state index is 6.34. The van der Waals surface area contributed by atoms with Gasteiger partial charge in [0.15, 0.2) is 0 Å². The second-order valence-electron chi connectivity index (χ2n) is 6.42. The summed E-state index contributed by atoms with van der Waals surface area (Å²) < 4.78 is 0. The molecular weight excluding hydrogens is 302 g/mol. The van der Waals surface area contributed by atoms with Crippen molar-refractivity contribution in [2.75, 3.05) is 27.2 Å². The van der Waals surface area contributed by atoms with Gasteiger partial charge in [-0.15, -0.1) is 17.0 Å². The van der Waals surface area contributed by atoms with Gasteiger partial charge in [0.05, 0.1) is 0 Å². The summed E-state index contributed by atoms with van der Waals surface area (Å²) in [5.74, 6) is 0. The van der Waals surface area contributed by atoms with Crippen LogP contribution in [0.3, 0.4) is 0 Å². The zero-order chi connectivity index (χ0) is 13.0. The van der Waals surface area contributed by atoms with Crippen LogP contribution in [0.1, 0.15) is 51.4 Å². The molecule has 3 nitrogen and oxygen atoms in total. The Hall–Kier alpha value is 0.360. The summed E-state index contributed by atoms with van der Waals surface area (Å²) in [4.78, 5) is 4.99. The second-order valence-corrected chi connectivity index (χ2v) is 6.42. The Kier molecular flexibility index (Phi) is 7.88. The number of likely N-dealkylation sites (N-methyl/N-ethyl adjacent to an activating group) is 1. The van der Waals surface area contributed by atoms with E-state index >= 15 is 0 Å². The minimum Gasteiger partial charge on any atom is -0.326 e. The van der Waals surface area contributed by atoms with Crippen LogP contribution in [0.2, 0.25) is 0 Å². The van der Waals surface area contributed by atoms with E-state index in [0.29, 0.717) is 12.1 Å². The molecule has 0 bridgehead atoms. The van der Waals surface area contributed by atoms with Gasteiger partial charge in [-0.1, -0.05) is 12.8 Å². The summed E-state index contributed by atoms with van der Waals surface area (Å²) in [5.41, 5.74) is 6.34. The Morgan fingerprint density at radius 1 is 1.05 bits per heavy atom. The Labute approximate surface area is 129 Å². The van der Waals surface area contributed by atoms with Crippen molar-refractivity contribution in [3.05, 3.63) is 0 Å². The highest BCUT2D eigenvalue weighted by molar-refractivity contribution is 8.93. The molecule has 2 saturated heterocycles. The highest BCUT2D eigenvalue weighted by atomic mass is 79.9. The lowest BCUT2D eigenvalue weighted by Gasteiger charge is -2.26. The van der Waals surface area contributed by atoms with Gasteiger partial charge in [-0.05, 0) is 65.7 Å². The number of hydrogen-bond acceptors (Lipinski definition) is 3. The minimum absolute atomic E-state index is 0. The monoisotopic (exact) mass is 333 g/mol. The van der Waals surface area contributed by atoms with E-state index in [1.165, 1.54) is 64.5 Å². The Balaban J connectivity index is 0.00000180. The molecule has 0 aromatic heterocycles. The third-order valence-electron chi connectivity index (χ3n) is 5.07. The topological polar surface area (TPSA) is 32.5 Å². The number of hydrogen-bond donors (Lipinski definition) is 1. The van der Waals surface area contributed by atoms with Crippen LogP contribution in [0.15, 0.2) is 0 Å². The minimum atomic E-state index is 0. The van der Waals surface area contributed by atoms with E-state index in [9.17, 15) is 0 Å². The lowest BCUT2D eigenvalue weighted by Crippen LogP contribution is -2.42. The average Bonchev–Trinajstić information content (AvgIpc) is 2.94. The molecule has 0 aliphatic carbocycles. The zero-order valence-corrected chi connectivity index (χ0v) is 14.4. The van der Waals surface area contributed by atoms with Crippen molar-refractivity contribution in [3.8, 4) is 0 Å². The van der Waals surface area contributed by atoms with Crippen LogP contribution >= 0.6 is 17.0 Å². The van der Waals surface area contributed by atoms with Gasteiger partial charge >= 0.3 is 0 Å². The summed E-state index contributed by atoms with van der Waals surface area (Å²) >= 11 is 0. The van der Waals surface area contributed by atoms with Crippen LogP contribution in [-0.2, 0) is 0 Å². The van der Waals surface area contributed by atoms with Crippen LogP contribution in [0.25, 0.3) is 0 Å². The van der Waals surface area contributed by atoms with Crippen LogP contribution in [0.5, 0.6) is 0 Å². The quantitative estimate of drug-likeness (QED) is 0.758. The van der Waals surface area contributed by atoms with Gasteiger partial charge in [-0.2, -0.15) is 0 Å². The molecular formula is C15H32BrN3. The standard InChI is InChI=1S/C15H31N3.BrH/c1-17-11-5-8-13(17)7-3-4-9-14(16)15-10-6-12-18(15)2;/h13-15H,3-12,16H2,1-2H3;1H. The third-order valence-corrected chi connectivity index (χ3v) is 5.07. The van der Waals surface area contributed by atoms with Gasteiger partial charge in [0, 0.05) is 18.1 Å². The molecule has 3 atom stereocenters. The summed E-state index contributed by atoms with van der Waals surface area (Å²) in [7, 11) is 4.50. The van der Waals surface area contributed by atoms with Gasteiger partial charge in [0.25, 0.3) is 0 Å². The number of likely N-dealkylation sites (tertiary alicyclic amines) is 2. The number of halogens is 1. The van der Waals surface area contributed by atoms with E-state index in [1.807, 2.05) is 0 Å². The number of nitrogens with zero attached hydrogens (tertiary/aromatic N) is 2. The molecule has 114 valence electrons. The van der Waals surface area contributed by atoms with Gasteiger partial charge in [-0.25, -0.2) is 0 Å². The van der Waals surface area contributed by atoms with Crippen LogP contribution in [0, 0.1) is 0 Å². The zero-order valence-electron chi connectivity index (χ0n) is 12.7. The molecule has 2 rings (SSSR count). The normalized spacial score (nSPS) is 30.5. The highest BCUT2D eigenvalue weighted by Crippen LogP contribution is 2.22. The predicted octanol–water partition coefficient (Wildman–Crippen LogP) is 2.64. The molecule has 3 unspecified atom stereocenters. The SMILES string of the molecule is Br.CN1CCCC1CCCCC(N)C1CCCN1C. The fraction of sp³-hybridized carbons (Fsp3) is 1.00. The molecule has 0 aromatic rings. The van der Waals surface area contributed by atoms with E-state index in [1.54, 1.807) is 0 Å². The Morgan fingerprint density at radius 3 is 2.32 bits per heavy atom. The first-order chi connectivity index (χ1) is 8.68. The third kappa shape index (κ3) is 5.00. The number of unbranched alkanes of at least 4 members (excludes halogenated alkanes) is 1. The fourth-order valence-corrected chi connectivity index (χ4v) is 3.77. The van der Waals surface area contributed by atoms with Gasteiger partial charge in [0.1, 0.15) is 0 Å². The fourth-order valence-electron chi connectivity index (χ4n) is 3.77. The van der Waals surface area contributed by atoms with E-state index < -0.39 is 0 Å². The van der Waals surface area contributed by atoms with Crippen molar-refractivity contribution in [1.29, 1.82) is 0 Å². The molecule has 0 amide bonds. The smallest absolute Gasteiger partial charge is 0.0244 e. The lowest BCUT2D eigenvalue weighted by molar-refractivity contribution is 0.255. The first kappa shape index (κ1) is 17.4. The maximum Gasteiger partial charge on any atom is 0.0244 e. The van der Waals surface area contributed by atoms with Gasteiger partial charge in [0.2, 0.25) is 0 Å². The molecule has 0 spiro atoms. The van der Waals surface area contributed by atoms with Crippen molar-refractivity contribution in [2.24, 2.45) is 5.73 Å². The largest absolute Gasteiger partial charge is 0.326 e. The first-order valence-electron chi connectivity index (χ1n) is 7.84. The van der Waals surface area contributed by atoms with E-state index in [2.05, 4.69) is 23.9 Å². The van der Waals surface area contributed by atoms with Crippen LogP contribution in [0.4, 0.5) is 0 Å². The Morgan fingerprint density at radius 2 is 1.74 bits per heavy atom. The Bertz CT molecular complexity index is 250. The molecule has 2 heterocycles. The molecule has 2 aliphatic heterocycles. The molecule has 2 fully saturated rings. The highest BCUT2D eigenvalue weighted by Gasteiger charge is 2.26. The lowest BCUT2D eigenvalue weighted by atomic mass is 9.98. The molecule has 0 saturated carbocycles. The molecule has 2 N–H and O–H groups in total. The molecule has 2 aliphatic rings. The number of nitrogens with two attached hydrogens (primary N) is 1. The van der Waals surface area contributed by atoms with Crippen LogP contribution < -0.4 is 5.73 Å². The summed E-state index contributed by atoms with van der Waals surface area (Å²) in [6, 6.07) is 1.91. The van der Waals surface area contributed by atoms with Crippen molar-refractivity contribution >= 4 is 17.0 Å². The second kappa shape index (κ2) is 8.60. The van der Waals surface area contributed by atoms with Gasteiger partial charge < -0.3 is 15.5 Å². The van der Waals surface area contributed by atoms with Crippen molar-refractivity contribution in [3.63, 3.8) is 0 Å². The van der Waals surface area contributed by atoms with Crippen LogP contribution in [-0.4, -0.2) is 55.1 Å². The first-order valence-corrected chi connectivity index (χ1v) is 7.84. The van der Waals surface area contributed by atoms with E-state index in [-0.39, 0.29) is 17.0 Å².